The minimum Gasteiger partial charge on any atom is -0.398 e. The van der Waals surface area contributed by atoms with Gasteiger partial charge in [0.05, 0.1) is 10.7 Å². The third kappa shape index (κ3) is 2.79. The molecule has 24 heavy (non-hydrogen) atoms. The standard InChI is InChI=1S/C21H16ClNS/c22-17-12-16(10-11-18(17)23)21(14-6-2-1-3-7-14)20-13-15-8-4-5-9-19(15)24-20/h1-13,21H,23H2. The highest BCUT2D eigenvalue weighted by molar-refractivity contribution is 7.19. The Morgan fingerprint density at radius 2 is 1.54 bits per heavy atom. The van der Waals surface area contributed by atoms with Crippen molar-refractivity contribution in [1.82, 2.24) is 0 Å². The molecule has 0 radical (unpaired) electrons. The molecule has 1 nitrogen and oxygen atoms in total. The van der Waals surface area contributed by atoms with Crippen molar-refractivity contribution in [2.45, 2.75) is 5.92 Å². The maximum atomic E-state index is 6.29. The van der Waals surface area contributed by atoms with Gasteiger partial charge in [-0.2, -0.15) is 0 Å². The first-order valence-electron chi connectivity index (χ1n) is 7.81. The van der Waals surface area contributed by atoms with Gasteiger partial charge in [0.2, 0.25) is 0 Å². The van der Waals surface area contributed by atoms with Crippen LogP contribution in [0.5, 0.6) is 0 Å². The second kappa shape index (κ2) is 6.31. The lowest BCUT2D eigenvalue weighted by molar-refractivity contribution is 1.01. The number of benzene rings is 3. The van der Waals surface area contributed by atoms with Gasteiger partial charge in [0.25, 0.3) is 0 Å². The number of nitrogens with two attached hydrogens (primary N) is 1. The van der Waals surface area contributed by atoms with Crippen LogP contribution >= 0.6 is 22.9 Å². The van der Waals surface area contributed by atoms with E-state index in [0.29, 0.717) is 10.7 Å². The summed E-state index contributed by atoms with van der Waals surface area (Å²) in [7, 11) is 0. The summed E-state index contributed by atoms with van der Waals surface area (Å²) in [6.45, 7) is 0. The highest BCUT2D eigenvalue weighted by Crippen LogP contribution is 2.39. The summed E-state index contributed by atoms with van der Waals surface area (Å²) in [5.41, 5.74) is 8.93. The SMILES string of the molecule is Nc1ccc(C(c2ccccc2)c2cc3ccccc3s2)cc1Cl. The van der Waals surface area contributed by atoms with E-state index in [-0.39, 0.29) is 5.92 Å². The fraction of sp³-hybridized carbons (Fsp3) is 0.0476. The van der Waals surface area contributed by atoms with Crippen molar-refractivity contribution < 1.29 is 0 Å². The number of halogens is 1. The molecule has 0 aliphatic heterocycles. The topological polar surface area (TPSA) is 26.0 Å². The number of anilines is 1. The quantitative estimate of drug-likeness (QED) is 0.430. The molecular formula is C21H16ClNS. The molecule has 2 N–H and O–H groups in total. The number of thiophene rings is 1. The molecule has 0 saturated heterocycles. The van der Waals surface area contributed by atoms with E-state index in [0.717, 1.165) is 5.56 Å². The molecule has 0 fully saturated rings. The van der Waals surface area contributed by atoms with Crippen LogP contribution in [-0.4, -0.2) is 0 Å². The zero-order chi connectivity index (χ0) is 16.5. The highest BCUT2D eigenvalue weighted by Gasteiger charge is 2.19. The molecule has 4 rings (SSSR count). The molecule has 118 valence electrons. The van der Waals surface area contributed by atoms with Gasteiger partial charge in [-0.1, -0.05) is 66.2 Å². The summed E-state index contributed by atoms with van der Waals surface area (Å²) in [6, 6.07) is 27.2. The van der Waals surface area contributed by atoms with E-state index < -0.39 is 0 Å². The van der Waals surface area contributed by atoms with Crippen LogP contribution in [0.1, 0.15) is 21.9 Å². The summed E-state index contributed by atoms with van der Waals surface area (Å²) >= 11 is 8.12. The van der Waals surface area contributed by atoms with Crippen molar-refractivity contribution in [3.05, 3.63) is 99.9 Å². The molecule has 3 aromatic carbocycles. The van der Waals surface area contributed by atoms with Gasteiger partial charge >= 0.3 is 0 Å². The van der Waals surface area contributed by atoms with E-state index in [1.807, 2.05) is 29.5 Å². The van der Waals surface area contributed by atoms with E-state index in [4.69, 9.17) is 17.3 Å². The Labute approximate surface area is 150 Å². The molecule has 1 unspecified atom stereocenters. The zero-order valence-corrected chi connectivity index (χ0v) is 14.5. The minimum atomic E-state index is 0.154. The van der Waals surface area contributed by atoms with Gasteiger partial charge in [-0.15, -0.1) is 11.3 Å². The molecule has 1 aromatic heterocycles. The zero-order valence-electron chi connectivity index (χ0n) is 12.9. The minimum absolute atomic E-state index is 0.154. The normalized spacial score (nSPS) is 12.4. The van der Waals surface area contributed by atoms with Crippen molar-refractivity contribution in [3.8, 4) is 0 Å². The van der Waals surface area contributed by atoms with Crippen molar-refractivity contribution in [2.24, 2.45) is 0 Å². The van der Waals surface area contributed by atoms with E-state index in [1.165, 1.54) is 20.5 Å². The van der Waals surface area contributed by atoms with Gasteiger partial charge in [-0.25, -0.2) is 0 Å². The van der Waals surface area contributed by atoms with Crippen LogP contribution < -0.4 is 5.73 Å². The first-order chi connectivity index (χ1) is 11.7. The molecule has 0 aliphatic rings. The van der Waals surface area contributed by atoms with Crippen LogP contribution in [-0.2, 0) is 0 Å². The summed E-state index contributed by atoms with van der Waals surface area (Å²) < 4.78 is 1.30. The van der Waals surface area contributed by atoms with Crippen molar-refractivity contribution in [1.29, 1.82) is 0 Å². The second-order valence-electron chi connectivity index (χ2n) is 5.81. The fourth-order valence-corrected chi connectivity index (χ4v) is 4.44. The maximum Gasteiger partial charge on any atom is 0.0638 e. The number of nitrogen functional groups attached to an aromatic ring is 1. The summed E-state index contributed by atoms with van der Waals surface area (Å²) in [4.78, 5) is 1.31. The Bertz CT molecular complexity index is 958. The monoisotopic (exact) mass is 349 g/mol. The van der Waals surface area contributed by atoms with Crippen molar-refractivity contribution >= 4 is 38.7 Å². The second-order valence-corrected chi connectivity index (χ2v) is 7.33. The lowest BCUT2D eigenvalue weighted by Crippen LogP contribution is -2.02. The Morgan fingerprint density at radius 3 is 2.29 bits per heavy atom. The molecule has 0 aliphatic carbocycles. The van der Waals surface area contributed by atoms with Gasteiger partial charge in [0.1, 0.15) is 0 Å². The Morgan fingerprint density at radius 1 is 0.792 bits per heavy atom. The molecule has 1 heterocycles. The Kier molecular flexibility index (Phi) is 4.01. The number of hydrogen-bond acceptors (Lipinski definition) is 2. The van der Waals surface area contributed by atoms with Gasteiger partial charge in [0, 0.05) is 15.5 Å². The number of rotatable bonds is 3. The summed E-state index contributed by atoms with van der Waals surface area (Å²) in [5, 5.41) is 1.88. The van der Waals surface area contributed by atoms with Crippen molar-refractivity contribution in [2.75, 3.05) is 5.73 Å². The van der Waals surface area contributed by atoms with Gasteiger partial charge in [0.15, 0.2) is 0 Å². The predicted octanol–water partition coefficient (Wildman–Crippen LogP) is 6.32. The molecule has 0 saturated carbocycles. The smallest absolute Gasteiger partial charge is 0.0638 e. The Hall–Kier alpha value is -2.29. The molecule has 1 atom stereocenters. The van der Waals surface area contributed by atoms with E-state index in [1.54, 1.807) is 0 Å². The van der Waals surface area contributed by atoms with Crippen LogP contribution in [0.3, 0.4) is 0 Å². The molecular weight excluding hydrogens is 334 g/mol. The van der Waals surface area contributed by atoms with Crippen LogP contribution in [0.15, 0.2) is 78.9 Å². The Balaban J connectivity index is 1.91. The summed E-state index contributed by atoms with van der Waals surface area (Å²) in [5.74, 6) is 0.154. The third-order valence-corrected chi connectivity index (χ3v) is 5.73. The van der Waals surface area contributed by atoms with Crippen LogP contribution in [0, 0.1) is 0 Å². The predicted molar refractivity (Wildman–Crippen MR) is 105 cm³/mol. The molecule has 0 bridgehead atoms. The summed E-state index contributed by atoms with van der Waals surface area (Å²) in [6.07, 6.45) is 0. The lowest BCUT2D eigenvalue weighted by atomic mass is 9.89. The number of fused-ring (bicyclic) bond motifs is 1. The first kappa shape index (κ1) is 15.3. The molecule has 4 aromatic rings. The third-order valence-electron chi connectivity index (χ3n) is 4.22. The fourth-order valence-electron chi connectivity index (χ4n) is 3.03. The lowest BCUT2D eigenvalue weighted by Gasteiger charge is -2.17. The van der Waals surface area contributed by atoms with Crippen LogP contribution in [0.25, 0.3) is 10.1 Å². The maximum absolute atomic E-state index is 6.29. The van der Waals surface area contributed by atoms with E-state index in [2.05, 4.69) is 60.7 Å². The largest absolute Gasteiger partial charge is 0.398 e. The number of hydrogen-bond donors (Lipinski definition) is 1. The average Bonchev–Trinajstić information content (AvgIpc) is 3.03. The first-order valence-corrected chi connectivity index (χ1v) is 9.00. The molecule has 0 spiro atoms. The average molecular weight is 350 g/mol. The van der Waals surface area contributed by atoms with Gasteiger partial charge in [-0.3, -0.25) is 0 Å². The molecule has 0 amide bonds. The molecule has 3 heteroatoms. The van der Waals surface area contributed by atoms with Gasteiger partial charge in [-0.05, 0) is 40.8 Å². The van der Waals surface area contributed by atoms with Crippen LogP contribution in [0.4, 0.5) is 5.69 Å². The van der Waals surface area contributed by atoms with E-state index >= 15 is 0 Å². The van der Waals surface area contributed by atoms with Gasteiger partial charge < -0.3 is 5.73 Å². The van der Waals surface area contributed by atoms with Crippen LogP contribution in [0.2, 0.25) is 5.02 Å². The highest BCUT2D eigenvalue weighted by atomic mass is 35.5. The van der Waals surface area contributed by atoms with Crippen molar-refractivity contribution in [3.63, 3.8) is 0 Å². The van der Waals surface area contributed by atoms with E-state index in [9.17, 15) is 0 Å².